The molecule has 1 amide bonds. The highest BCUT2D eigenvalue weighted by molar-refractivity contribution is 5.91. The number of nitrogens with two attached hydrogens (primary N) is 1. The van der Waals surface area contributed by atoms with Crippen LogP contribution in [-0.4, -0.2) is 12.5 Å². The number of carbonyl (C=O) groups is 1. The Morgan fingerprint density at radius 1 is 1.20 bits per heavy atom. The summed E-state index contributed by atoms with van der Waals surface area (Å²) in [6, 6.07) is 15.1. The highest BCUT2D eigenvalue weighted by Gasteiger charge is 2.06. The molecule has 0 spiro atoms. The van der Waals surface area contributed by atoms with Crippen molar-refractivity contribution in [1.29, 1.82) is 0 Å². The fourth-order valence-corrected chi connectivity index (χ4v) is 1.88. The Morgan fingerprint density at radius 2 is 2.00 bits per heavy atom. The number of nitrogens with one attached hydrogen (secondary N) is 1. The Morgan fingerprint density at radius 3 is 2.75 bits per heavy atom. The maximum Gasteiger partial charge on any atom is 0.262 e. The predicted molar refractivity (Wildman–Crippen MR) is 79.6 cm³/mol. The van der Waals surface area contributed by atoms with Crippen molar-refractivity contribution in [2.24, 2.45) is 5.73 Å². The zero-order valence-electron chi connectivity index (χ0n) is 11.4. The number of hydrogen-bond acceptors (Lipinski definition) is 3. The van der Waals surface area contributed by atoms with E-state index in [9.17, 15) is 4.79 Å². The molecule has 0 bridgehead atoms. The van der Waals surface area contributed by atoms with E-state index in [1.165, 1.54) is 0 Å². The first kappa shape index (κ1) is 14.1. The first-order chi connectivity index (χ1) is 9.69. The standard InChI is InChI=1S/C16H18N2O2/c1-12-5-4-7-14(9-12)18-16(19)11-20-15-8-3-2-6-13(15)10-17/h2-9H,10-11,17H2,1H3,(H,18,19). The Hall–Kier alpha value is -2.33. The zero-order valence-corrected chi connectivity index (χ0v) is 11.4. The minimum Gasteiger partial charge on any atom is -0.483 e. The van der Waals surface area contributed by atoms with E-state index in [1.807, 2.05) is 55.5 Å². The number of aryl methyl sites for hydroxylation is 1. The van der Waals surface area contributed by atoms with E-state index in [2.05, 4.69) is 5.32 Å². The third-order valence-corrected chi connectivity index (χ3v) is 2.85. The van der Waals surface area contributed by atoms with Crippen LogP contribution >= 0.6 is 0 Å². The molecule has 0 fully saturated rings. The van der Waals surface area contributed by atoms with Gasteiger partial charge in [-0.05, 0) is 30.7 Å². The van der Waals surface area contributed by atoms with Crippen molar-refractivity contribution >= 4 is 11.6 Å². The van der Waals surface area contributed by atoms with Crippen molar-refractivity contribution in [1.82, 2.24) is 0 Å². The Balaban J connectivity index is 1.92. The van der Waals surface area contributed by atoms with E-state index in [0.717, 1.165) is 16.8 Å². The smallest absolute Gasteiger partial charge is 0.262 e. The molecule has 2 aromatic carbocycles. The molecule has 4 heteroatoms. The van der Waals surface area contributed by atoms with Gasteiger partial charge < -0.3 is 15.8 Å². The molecule has 0 aromatic heterocycles. The van der Waals surface area contributed by atoms with Crippen molar-refractivity contribution in [2.75, 3.05) is 11.9 Å². The highest BCUT2D eigenvalue weighted by Crippen LogP contribution is 2.17. The lowest BCUT2D eigenvalue weighted by Crippen LogP contribution is -2.20. The van der Waals surface area contributed by atoms with Gasteiger partial charge >= 0.3 is 0 Å². The van der Waals surface area contributed by atoms with Gasteiger partial charge in [-0.2, -0.15) is 0 Å². The molecule has 0 saturated carbocycles. The van der Waals surface area contributed by atoms with Gasteiger partial charge in [0.05, 0.1) is 0 Å². The highest BCUT2D eigenvalue weighted by atomic mass is 16.5. The van der Waals surface area contributed by atoms with Crippen LogP contribution in [-0.2, 0) is 11.3 Å². The summed E-state index contributed by atoms with van der Waals surface area (Å²) in [5, 5.41) is 2.80. The lowest BCUT2D eigenvalue weighted by atomic mass is 10.2. The Kier molecular flexibility index (Phi) is 4.74. The van der Waals surface area contributed by atoms with E-state index in [4.69, 9.17) is 10.5 Å². The molecule has 0 heterocycles. The fraction of sp³-hybridized carbons (Fsp3) is 0.188. The number of hydrogen-bond donors (Lipinski definition) is 2. The van der Waals surface area contributed by atoms with Crippen LogP contribution in [0, 0.1) is 6.92 Å². The van der Waals surface area contributed by atoms with Crippen molar-refractivity contribution in [3.8, 4) is 5.75 Å². The van der Waals surface area contributed by atoms with Gasteiger partial charge in [0.15, 0.2) is 6.61 Å². The monoisotopic (exact) mass is 270 g/mol. The number of para-hydroxylation sites is 1. The Bertz CT molecular complexity index is 597. The van der Waals surface area contributed by atoms with E-state index in [-0.39, 0.29) is 12.5 Å². The summed E-state index contributed by atoms with van der Waals surface area (Å²) in [5.41, 5.74) is 8.37. The second-order valence-electron chi connectivity index (χ2n) is 4.52. The fourth-order valence-electron chi connectivity index (χ4n) is 1.88. The number of anilines is 1. The van der Waals surface area contributed by atoms with Crippen LogP contribution in [0.15, 0.2) is 48.5 Å². The molecule has 3 N–H and O–H groups in total. The number of amides is 1. The van der Waals surface area contributed by atoms with Gasteiger partial charge in [0.1, 0.15) is 5.75 Å². The van der Waals surface area contributed by atoms with Crippen molar-refractivity contribution < 1.29 is 9.53 Å². The maximum absolute atomic E-state index is 11.8. The quantitative estimate of drug-likeness (QED) is 0.877. The summed E-state index contributed by atoms with van der Waals surface area (Å²) in [5.74, 6) is 0.455. The molecule has 0 aliphatic carbocycles. The van der Waals surface area contributed by atoms with Crippen molar-refractivity contribution in [2.45, 2.75) is 13.5 Å². The summed E-state index contributed by atoms with van der Waals surface area (Å²) in [4.78, 5) is 11.8. The molecular formula is C16H18N2O2. The maximum atomic E-state index is 11.8. The van der Waals surface area contributed by atoms with E-state index < -0.39 is 0 Å². The predicted octanol–water partition coefficient (Wildman–Crippen LogP) is 2.47. The topological polar surface area (TPSA) is 64.3 Å². The first-order valence-corrected chi connectivity index (χ1v) is 6.46. The van der Waals surface area contributed by atoms with Gasteiger partial charge in [0.25, 0.3) is 5.91 Å². The lowest BCUT2D eigenvalue weighted by molar-refractivity contribution is -0.118. The van der Waals surface area contributed by atoms with E-state index >= 15 is 0 Å². The molecule has 0 aliphatic rings. The van der Waals surface area contributed by atoms with Crippen LogP contribution in [0.3, 0.4) is 0 Å². The Labute approximate surface area is 118 Å². The van der Waals surface area contributed by atoms with Crippen LogP contribution in [0.4, 0.5) is 5.69 Å². The molecule has 0 saturated heterocycles. The molecule has 0 aliphatic heterocycles. The summed E-state index contributed by atoms with van der Waals surface area (Å²) in [7, 11) is 0. The average molecular weight is 270 g/mol. The number of rotatable bonds is 5. The molecule has 0 radical (unpaired) electrons. The van der Waals surface area contributed by atoms with Crippen molar-refractivity contribution in [3.63, 3.8) is 0 Å². The van der Waals surface area contributed by atoms with Crippen LogP contribution in [0.25, 0.3) is 0 Å². The van der Waals surface area contributed by atoms with Gasteiger partial charge in [0, 0.05) is 17.8 Å². The minimum atomic E-state index is -0.192. The number of carbonyl (C=O) groups excluding carboxylic acids is 1. The van der Waals surface area contributed by atoms with Gasteiger partial charge in [-0.1, -0.05) is 30.3 Å². The molecule has 0 unspecified atom stereocenters. The largest absolute Gasteiger partial charge is 0.483 e. The number of ether oxygens (including phenoxy) is 1. The zero-order chi connectivity index (χ0) is 14.4. The third-order valence-electron chi connectivity index (χ3n) is 2.85. The second kappa shape index (κ2) is 6.73. The summed E-state index contributed by atoms with van der Waals surface area (Å²) >= 11 is 0. The minimum absolute atomic E-state index is 0.0368. The first-order valence-electron chi connectivity index (χ1n) is 6.46. The second-order valence-corrected chi connectivity index (χ2v) is 4.52. The van der Waals surface area contributed by atoms with Gasteiger partial charge in [0.2, 0.25) is 0 Å². The van der Waals surface area contributed by atoms with Crippen LogP contribution < -0.4 is 15.8 Å². The molecule has 4 nitrogen and oxygen atoms in total. The normalized spacial score (nSPS) is 10.1. The summed E-state index contributed by atoms with van der Waals surface area (Å²) < 4.78 is 5.50. The third kappa shape index (κ3) is 3.83. The molecule has 0 atom stereocenters. The average Bonchev–Trinajstić information content (AvgIpc) is 2.45. The SMILES string of the molecule is Cc1cccc(NC(=O)COc2ccccc2CN)c1. The van der Waals surface area contributed by atoms with Gasteiger partial charge in [-0.3, -0.25) is 4.79 Å². The molecule has 2 rings (SSSR count). The van der Waals surface area contributed by atoms with Gasteiger partial charge in [-0.15, -0.1) is 0 Å². The molecule has 20 heavy (non-hydrogen) atoms. The van der Waals surface area contributed by atoms with E-state index in [1.54, 1.807) is 0 Å². The summed E-state index contributed by atoms with van der Waals surface area (Å²) in [6.07, 6.45) is 0. The van der Waals surface area contributed by atoms with Crippen molar-refractivity contribution in [3.05, 3.63) is 59.7 Å². The van der Waals surface area contributed by atoms with E-state index in [0.29, 0.717) is 12.3 Å². The number of benzene rings is 2. The van der Waals surface area contributed by atoms with Crippen LogP contribution in [0.2, 0.25) is 0 Å². The molecule has 2 aromatic rings. The van der Waals surface area contributed by atoms with Crippen LogP contribution in [0.1, 0.15) is 11.1 Å². The molecule has 104 valence electrons. The molecular weight excluding hydrogens is 252 g/mol. The lowest BCUT2D eigenvalue weighted by Gasteiger charge is -2.10. The van der Waals surface area contributed by atoms with Gasteiger partial charge in [-0.25, -0.2) is 0 Å². The van der Waals surface area contributed by atoms with Crippen LogP contribution in [0.5, 0.6) is 5.75 Å². The summed E-state index contributed by atoms with van der Waals surface area (Å²) in [6.45, 7) is 2.32.